The summed E-state index contributed by atoms with van der Waals surface area (Å²) in [6.07, 6.45) is 4.61. The Morgan fingerprint density at radius 3 is 2.50 bits per heavy atom. The highest BCUT2D eigenvalue weighted by atomic mass is 16.3. The van der Waals surface area contributed by atoms with E-state index in [1.54, 1.807) is 12.4 Å². The molecule has 0 bridgehead atoms. The summed E-state index contributed by atoms with van der Waals surface area (Å²) in [6.45, 7) is 3.95. The highest BCUT2D eigenvalue weighted by Gasteiger charge is 2.07. The van der Waals surface area contributed by atoms with Crippen LogP contribution in [-0.4, -0.2) is 15.1 Å². The van der Waals surface area contributed by atoms with Crippen molar-refractivity contribution < 1.29 is 5.11 Å². The molecular formula is C9H14N2O. The van der Waals surface area contributed by atoms with E-state index in [0.29, 0.717) is 5.82 Å². The zero-order valence-corrected chi connectivity index (χ0v) is 7.49. The minimum Gasteiger partial charge on any atom is -0.385 e. The molecule has 0 fully saturated rings. The van der Waals surface area contributed by atoms with Gasteiger partial charge in [0.1, 0.15) is 6.10 Å². The summed E-state index contributed by atoms with van der Waals surface area (Å²) in [5.74, 6) is 0.530. The van der Waals surface area contributed by atoms with E-state index in [0.717, 1.165) is 18.4 Å². The van der Waals surface area contributed by atoms with Crippen LogP contribution in [0.2, 0.25) is 0 Å². The van der Waals surface area contributed by atoms with Crippen LogP contribution in [0.1, 0.15) is 37.3 Å². The smallest absolute Gasteiger partial charge is 0.156 e. The molecule has 0 radical (unpaired) electrons. The standard InChI is InChI=1S/C9H14N2O/c1-3-4-8(12)9-10-5-7(2)6-11-9/h5-6,8,12H,3-4H2,1-2H3/t8-/m0/s1. The number of hydrogen-bond donors (Lipinski definition) is 1. The summed E-state index contributed by atoms with van der Waals surface area (Å²) in [6, 6.07) is 0. The van der Waals surface area contributed by atoms with Gasteiger partial charge >= 0.3 is 0 Å². The number of nitrogens with zero attached hydrogens (tertiary/aromatic N) is 2. The van der Waals surface area contributed by atoms with E-state index in [1.807, 2.05) is 13.8 Å². The predicted octanol–water partition coefficient (Wildman–Crippen LogP) is 1.62. The van der Waals surface area contributed by atoms with Gasteiger partial charge in [0.05, 0.1) is 0 Å². The molecule has 0 aromatic carbocycles. The summed E-state index contributed by atoms with van der Waals surface area (Å²) in [4.78, 5) is 8.07. The van der Waals surface area contributed by atoms with Gasteiger partial charge in [0.2, 0.25) is 0 Å². The minimum atomic E-state index is -0.504. The van der Waals surface area contributed by atoms with Crippen LogP contribution in [0, 0.1) is 6.92 Å². The number of rotatable bonds is 3. The van der Waals surface area contributed by atoms with Crippen molar-refractivity contribution in [2.75, 3.05) is 0 Å². The Hall–Kier alpha value is -0.960. The first-order valence-corrected chi connectivity index (χ1v) is 4.20. The fourth-order valence-corrected chi connectivity index (χ4v) is 0.977. The van der Waals surface area contributed by atoms with Crippen molar-refractivity contribution in [1.29, 1.82) is 0 Å². The van der Waals surface area contributed by atoms with Gasteiger partial charge in [-0.25, -0.2) is 9.97 Å². The molecule has 0 saturated carbocycles. The molecule has 12 heavy (non-hydrogen) atoms. The van der Waals surface area contributed by atoms with Crippen LogP contribution in [0.15, 0.2) is 12.4 Å². The molecule has 1 aromatic heterocycles. The lowest BCUT2D eigenvalue weighted by Crippen LogP contribution is -2.02. The van der Waals surface area contributed by atoms with Crippen LogP contribution < -0.4 is 0 Å². The Morgan fingerprint density at radius 2 is 2.00 bits per heavy atom. The molecule has 66 valence electrons. The minimum absolute atomic E-state index is 0.504. The van der Waals surface area contributed by atoms with Crippen LogP contribution >= 0.6 is 0 Å². The third-order valence-corrected chi connectivity index (χ3v) is 1.66. The van der Waals surface area contributed by atoms with E-state index >= 15 is 0 Å². The molecule has 1 atom stereocenters. The zero-order chi connectivity index (χ0) is 8.97. The average molecular weight is 166 g/mol. The van der Waals surface area contributed by atoms with Crippen LogP contribution in [-0.2, 0) is 0 Å². The van der Waals surface area contributed by atoms with Gasteiger partial charge in [-0.05, 0) is 18.9 Å². The zero-order valence-electron chi connectivity index (χ0n) is 7.49. The number of aryl methyl sites for hydroxylation is 1. The molecule has 0 amide bonds. The maximum absolute atomic E-state index is 9.49. The Morgan fingerprint density at radius 1 is 1.42 bits per heavy atom. The van der Waals surface area contributed by atoms with E-state index < -0.39 is 6.10 Å². The average Bonchev–Trinajstić information content (AvgIpc) is 2.06. The van der Waals surface area contributed by atoms with Gasteiger partial charge in [0, 0.05) is 12.4 Å². The molecular weight excluding hydrogens is 152 g/mol. The number of aromatic nitrogens is 2. The first-order chi connectivity index (χ1) is 5.74. The van der Waals surface area contributed by atoms with E-state index in [2.05, 4.69) is 9.97 Å². The second kappa shape index (κ2) is 4.16. The first kappa shape index (κ1) is 9.13. The van der Waals surface area contributed by atoms with Gasteiger partial charge in [-0.1, -0.05) is 13.3 Å². The van der Waals surface area contributed by atoms with Gasteiger partial charge in [-0.15, -0.1) is 0 Å². The molecule has 0 aliphatic heterocycles. The molecule has 0 aliphatic rings. The van der Waals surface area contributed by atoms with Crippen molar-refractivity contribution in [3.05, 3.63) is 23.8 Å². The third kappa shape index (κ3) is 2.27. The van der Waals surface area contributed by atoms with Crippen LogP contribution in [0.3, 0.4) is 0 Å². The van der Waals surface area contributed by atoms with Crippen molar-refractivity contribution in [2.24, 2.45) is 0 Å². The summed E-state index contributed by atoms with van der Waals surface area (Å²) in [7, 11) is 0. The molecule has 1 rings (SSSR count). The van der Waals surface area contributed by atoms with Gasteiger partial charge < -0.3 is 5.11 Å². The van der Waals surface area contributed by atoms with Crippen molar-refractivity contribution in [2.45, 2.75) is 32.8 Å². The maximum atomic E-state index is 9.49. The van der Waals surface area contributed by atoms with Crippen LogP contribution in [0.25, 0.3) is 0 Å². The third-order valence-electron chi connectivity index (χ3n) is 1.66. The first-order valence-electron chi connectivity index (χ1n) is 4.20. The number of aliphatic hydroxyl groups is 1. The van der Waals surface area contributed by atoms with Gasteiger partial charge in [0.25, 0.3) is 0 Å². The molecule has 3 nitrogen and oxygen atoms in total. The largest absolute Gasteiger partial charge is 0.385 e. The fourth-order valence-electron chi connectivity index (χ4n) is 0.977. The monoisotopic (exact) mass is 166 g/mol. The van der Waals surface area contributed by atoms with Gasteiger partial charge in [-0.3, -0.25) is 0 Å². The molecule has 1 heterocycles. The summed E-state index contributed by atoms with van der Waals surface area (Å²) >= 11 is 0. The highest BCUT2D eigenvalue weighted by molar-refractivity contribution is 5.03. The second-order valence-corrected chi connectivity index (χ2v) is 2.92. The fraction of sp³-hybridized carbons (Fsp3) is 0.556. The molecule has 1 aromatic rings. The Kier molecular flexibility index (Phi) is 3.17. The normalized spacial score (nSPS) is 12.9. The highest BCUT2D eigenvalue weighted by Crippen LogP contribution is 2.12. The molecule has 3 heteroatoms. The predicted molar refractivity (Wildman–Crippen MR) is 46.6 cm³/mol. The molecule has 0 unspecified atom stereocenters. The lowest BCUT2D eigenvalue weighted by atomic mass is 10.2. The molecule has 0 aliphatic carbocycles. The Labute approximate surface area is 72.5 Å². The van der Waals surface area contributed by atoms with Gasteiger partial charge in [0.15, 0.2) is 5.82 Å². The molecule has 1 N–H and O–H groups in total. The van der Waals surface area contributed by atoms with Crippen molar-refractivity contribution >= 4 is 0 Å². The summed E-state index contributed by atoms with van der Waals surface area (Å²) in [5.41, 5.74) is 1.02. The van der Waals surface area contributed by atoms with Crippen molar-refractivity contribution in [1.82, 2.24) is 9.97 Å². The van der Waals surface area contributed by atoms with Crippen LogP contribution in [0.5, 0.6) is 0 Å². The lowest BCUT2D eigenvalue weighted by molar-refractivity contribution is 0.156. The molecule has 0 saturated heterocycles. The van der Waals surface area contributed by atoms with E-state index in [1.165, 1.54) is 0 Å². The lowest BCUT2D eigenvalue weighted by Gasteiger charge is -2.06. The Bertz CT molecular complexity index is 233. The van der Waals surface area contributed by atoms with Crippen molar-refractivity contribution in [3.8, 4) is 0 Å². The number of aliphatic hydroxyl groups excluding tert-OH is 1. The SMILES string of the molecule is CCC[C@H](O)c1ncc(C)cn1. The Balaban J connectivity index is 2.68. The van der Waals surface area contributed by atoms with E-state index in [4.69, 9.17) is 0 Å². The van der Waals surface area contributed by atoms with Gasteiger partial charge in [-0.2, -0.15) is 0 Å². The van der Waals surface area contributed by atoms with E-state index in [9.17, 15) is 5.11 Å². The van der Waals surface area contributed by atoms with Crippen LogP contribution in [0.4, 0.5) is 0 Å². The second-order valence-electron chi connectivity index (χ2n) is 2.92. The topological polar surface area (TPSA) is 46.0 Å². The summed E-state index contributed by atoms with van der Waals surface area (Å²) < 4.78 is 0. The van der Waals surface area contributed by atoms with E-state index in [-0.39, 0.29) is 0 Å². The molecule has 0 spiro atoms. The quantitative estimate of drug-likeness (QED) is 0.742. The number of hydrogen-bond acceptors (Lipinski definition) is 3. The maximum Gasteiger partial charge on any atom is 0.156 e. The van der Waals surface area contributed by atoms with Crippen molar-refractivity contribution in [3.63, 3.8) is 0 Å². The summed E-state index contributed by atoms with van der Waals surface area (Å²) in [5, 5.41) is 9.49.